The molecule has 0 radical (unpaired) electrons. The molecule has 0 saturated carbocycles. The molecule has 2 rings (SSSR count). The van der Waals surface area contributed by atoms with Crippen molar-refractivity contribution in [1.29, 1.82) is 0 Å². The first-order chi connectivity index (χ1) is 6.09. The fraction of sp³-hybridized carbons (Fsp3) is 0.455. The highest BCUT2D eigenvalue weighted by atomic mass is 15.4. The minimum Gasteiger partial charge on any atom is -0.268 e. The van der Waals surface area contributed by atoms with E-state index >= 15 is 0 Å². The van der Waals surface area contributed by atoms with E-state index in [1.165, 1.54) is 11.1 Å². The number of hydrogen-bond acceptors (Lipinski definition) is 2. The molecular weight excluding hydrogens is 160 g/mol. The smallest absolute Gasteiger partial charge is 0.0388 e. The molecule has 1 aromatic rings. The highest BCUT2D eigenvalue weighted by Crippen LogP contribution is 2.27. The molecule has 0 saturated heterocycles. The predicted molar refractivity (Wildman–Crippen MR) is 54.0 cm³/mol. The summed E-state index contributed by atoms with van der Waals surface area (Å²) in [6, 6.07) is 8.53. The van der Waals surface area contributed by atoms with Crippen molar-refractivity contribution in [2.75, 3.05) is 0 Å². The summed E-state index contributed by atoms with van der Waals surface area (Å²) >= 11 is 0. The van der Waals surface area contributed by atoms with Crippen molar-refractivity contribution in [3.8, 4) is 0 Å². The average Bonchev–Trinajstić information content (AvgIpc) is 2.06. The summed E-state index contributed by atoms with van der Waals surface area (Å²) < 4.78 is 0. The molecule has 2 nitrogen and oxygen atoms in total. The second-order valence-corrected chi connectivity index (χ2v) is 4.39. The molecule has 1 aliphatic rings. The van der Waals surface area contributed by atoms with E-state index in [0.717, 1.165) is 13.0 Å². The van der Waals surface area contributed by atoms with E-state index in [0.29, 0.717) is 0 Å². The van der Waals surface area contributed by atoms with Crippen molar-refractivity contribution in [1.82, 2.24) is 5.01 Å². The lowest BCUT2D eigenvalue weighted by Crippen LogP contribution is -2.52. The zero-order chi connectivity index (χ0) is 9.47. The number of nitrogens with two attached hydrogens (primary N) is 1. The van der Waals surface area contributed by atoms with Crippen molar-refractivity contribution in [2.24, 2.45) is 5.84 Å². The quantitative estimate of drug-likeness (QED) is 0.610. The highest BCUT2D eigenvalue weighted by Gasteiger charge is 2.30. The van der Waals surface area contributed by atoms with Gasteiger partial charge in [-0.3, -0.25) is 5.84 Å². The molecule has 0 aromatic heterocycles. The first-order valence-electron chi connectivity index (χ1n) is 4.69. The molecule has 0 bridgehead atoms. The van der Waals surface area contributed by atoms with E-state index in [1.54, 1.807) is 0 Å². The monoisotopic (exact) mass is 176 g/mol. The molecule has 0 spiro atoms. The summed E-state index contributed by atoms with van der Waals surface area (Å²) in [6.07, 6.45) is 1.04. The number of hydrazine groups is 1. The Bertz CT molecular complexity index is 318. The van der Waals surface area contributed by atoms with Gasteiger partial charge < -0.3 is 0 Å². The van der Waals surface area contributed by atoms with Crippen LogP contribution in [-0.4, -0.2) is 10.5 Å². The first-order valence-corrected chi connectivity index (χ1v) is 4.69. The van der Waals surface area contributed by atoms with Crippen molar-refractivity contribution in [3.63, 3.8) is 0 Å². The second kappa shape index (κ2) is 2.82. The summed E-state index contributed by atoms with van der Waals surface area (Å²) in [6.45, 7) is 5.23. The van der Waals surface area contributed by atoms with Crippen LogP contribution in [0.25, 0.3) is 0 Å². The molecular formula is C11H16N2. The lowest BCUT2D eigenvalue weighted by molar-refractivity contribution is 0.0987. The Morgan fingerprint density at radius 1 is 1.23 bits per heavy atom. The molecule has 2 N–H and O–H groups in total. The Balaban J connectivity index is 2.39. The van der Waals surface area contributed by atoms with E-state index in [4.69, 9.17) is 5.84 Å². The van der Waals surface area contributed by atoms with Gasteiger partial charge in [-0.15, -0.1) is 0 Å². The molecule has 0 atom stereocenters. The van der Waals surface area contributed by atoms with Gasteiger partial charge in [-0.2, -0.15) is 0 Å². The Hall–Kier alpha value is -0.860. The minimum absolute atomic E-state index is 0.0916. The summed E-state index contributed by atoms with van der Waals surface area (Å²) in [4.78, 5) is 0. The summed E-state index contributed by atoms with van der Waals surface area (Å²) in [7, 11) is 0. The van der Waals surface area contributed by atoms with Gasteiger partial charge in [0.2, 0.25) is 0 Å². The Morgan fingerprint density at radius 3 is 2.54 bits per heavy atom. The van der Waals surface area contributed by atoms with Crippen LogP contribution in [0.1, 0.15) is 25.0 Å². The predicted octanol–water partition coefficient (Wildman–Crippen LogP) is 1.70. The third kappa shape index (κ3) is 1.47. The maximum atomic E-state index is 5.96. The van der Waals surface area contributed by atoms with Gasteiger partial charge in [0.1, 0.15) is 0 Å². The second-order valence-electron chi connectivity index (χ2n) is 4.39. The van der Waals surface area contributed by atoms with Crippen molar-refractivity contribution in [2.45, 2.75) is 32.4 Å². The molecule has 1 aromatic carbocycles. The number of benzene rings is 1. The molecule has 70 valence electrons. The van der Waals surface area contributed by atoms with Gasteiger partial charge in [0.25, 0.3) is 0 Å². The van der Waals surface area contributed by atoms with E-state index < -0.39 is 0 Å². The topological polar surface area (TPSA) is 29.3 Å². The third-order valence-electron chi connectivity index (χ3n) is 2.86. The van der Waals surface area contributed by atoms with Gasteiger partial charge in [0.05, 0.1) is 0 Å². The van der Waals surface area contributed by atoms with Gasteiger partial charge >= 0.3 is 0 Å². The zero-order valence-electron chi connectivity index (χ0n) is 8.25. The molecule has 0 amide bonds. The number of nitrogens with zero attached hydrogens (tertiary/aromatic N) is 1. The molecule has 0 aliphatic carbocycles. The fourth-order valence-electron chi connectivity index (χ4n) is 1.85. The normalized spacial score (nSPS) is 21.2. The lowest BCUT2D eigenvalue weighted by atomic mass is 9.87. The Labute approximate surface area is 79.3 Å². The first kappa shape index (κ1) is 8.73. The van der Waals surface area contributed by atoms with Crippen LogP contribution in [0.3, 0.4) is 0 Å². The molecule has 1 aliphatic heterocycles. The molecule has 1 heterocycles. The van der Waals surface area contributed by atoms with Crippen LogP contribution >= 0.6 is 0 Å². The molecule has 2 heteroatoms. The standard InChI is InChI=1S/C11H16N2/c1-11(2)7-9-5-3-4-6-10(9)8-13(11)12/h3-6H,7-8,12H2,1-2H3. The fourth-order valence-corrected chi connectivity index (χ4v) is 1.85. The van der Waals surface area contributed by atoms with Crippen molar-refractivity contribution in [3.05, 3.63) is 35.4 Å². The maximum absolute atomic E-state index is 5.96. The minimum atomic E-state index is 0.0916. The highest BCUT2D eigenvalue weighted by molar-refractivity contribution is 5.30. The SMILES string of the molecule is CC1(C)Cc2ccccc2CN1N. The van der Waals surface area contributed by atoms with Crippen LogP contribution in [0.5, 0.6) is 0 Å². The van der Waals surface area contributed by atoms with Crippen LogP contribution in [0.2, 0.25) is 0 Å². The van der Waals surface area contributed by atoms with Crippen molar-refractivity contribution >= 4 is 0 Å². The molecule has 0 fully saturated rings. The lowest BCUT2D eigenvalue weighted by Gasteiger charge is -2.40. The van der Waals surface area contributed by atoms with Gasteiger partial charge in [-0.1, -0.05) is 24.3 Å². The van der Waals surface area contributed by atoms with Gasteiger partial charge in [0, 0.05) is 12.1 Å². The van der Waals surface area contributed by atoms with Gasteiger partial charge in [-0.25, -0.2) is 5.01 Å². The summed E-state index contributed by atoms with van der Waals surface area (Å²) in [5.41, 5.74) is 2.90. The largest absolute Gasteiger partial charge is 0.268 e. The van der Waals surface area contributed by atoms with Crippen LogP contribution in [0.15, 0.2) is 24.3 Å². The number of hydrogen-bond donors (Lipinski definition) is 1. The van der Waals surface area contributed by atoms with E-state index in [-0.39, 0.29) is 5.54 Å². The van der Waals surface area contributed by atoms with Crippen molar-refractivity contribution < 1.29 is 0 Å². The zero-order valence-corrected chi connectivity index (χ0v) is 8.25. The van der Waals surface area contributed by atoms with Gasteiger partial charge in [-0.05, 0) is 31.4 Å². The molecule has 13 heavy (non-hydrogen) atoms. The van der Waals surface area contributed by atoms with E-state index in [9.17, 15) is 0 Å². The van der Waals surface area contributed by atoms with Gasteiger partial charge in [0.15, 0.2) is 0 Å². The van der Waals surface area contributed by atoms with E-state index in [1.807, 2.05) is 5.01 Å². The summed E-state index contributed by atoms with van der Waals surface area (Å²) in [5.74, 6) is 5.96. The number of rotatable bonds is 0. The van der Waals surface area contributed by atoms with E-state index in [2.05, 4.69) is 38.1 Å². The Kier molecular flexibility index (Phi) is 1.90. The maximum Gasteiger partial charge on any atom is 0.0388 e. The van der Waals surface area contributed by atoms with Crippen LogP contribution < -0.4 is 5.84 Å². The Morgan fingerprint density at radius 2 is 1.85 bits per heavy atom. The molecule has 0 unspecified atom stereocenters. The third-order valence-corrected chi connectivity index (χ3v) is 2.86. The average molecular weight is 176 g/mol. The van der Waals surface area contributed by atoms with Crippen LogP contribution in [0, 0.1) is 0 Å². The number of fused-ring (bicyclic) bond motifs is 1. The van der Waals surface area contributed by atoms with Crippen LogP contribution in [-0.2, 0) is 13.0 Å². The van der Waals surface area contributed by atoms with Crippen LogP contribution in [0.4, 0.5) is 0 Å². The summed E-state index contributed by atoms with van der Waals surface area (Å²) in [5, 5.41) is 1.93.